The van der Waals surface area contributed by atoms with Crippen LogP contribution in [0.4, 0.5) is 0 Å². The molecule has 0 unspecified atom stereocenters. The maximum atomic E-state index is 11.9. The van der Waals surface area contributed by atoms with Gasteiger partial charge >= 0.3 is 7.60 Å². The number of rotatable bonds is 9. The van der Waals surface area contributed by atoms with Crippen LogP contribution in [-0.2, 0) is 13.6 Å². The first-order valence-electron chi connectivity index (χ1n) is 5.10. The molecule has 0 aromatic rings. The van der Waals surface area contributed by atoms with E-state index in [1.165, 1.54) is 0 Å². The van der Waals surface area contributed by atoms with Crippen LogP contribution in [0.1, 0.15) is 26.7 Å². The van der Waals surface area contributed by atoms with Crippen LogP contribution in [0, 0.1) is 0 Å². The van der Waals surface area contributed by atoms with Gasteiger partial charge in [0, 0.05) is 6.54 Å². The molecule has 0 aliphatic carbocycles. The van der Waals surface area contributed by atoms with Crippen LogP contribution < -0.4 is 0 Å². The zero-order valence-corrected chi connectivity index (χ0v) is 11.0. The van der Waals surface area contributed by atoms with Gasteiger partial charge in [-0.1, -0.05) is 0 Å². The summed E-state index contributed by atoms with van der Waals surface area (Å²) in [6.45, 7) is 5.07. The van der Waals surface area contributed by atoms with Crippen molar-refractivity contribution in [2.24, 2.45) is 4.99 Å². The third kappa shape index (κ3) is 7.83. The molecular weight excluding hydrogens is 233 g/mol. The van der Waals surface area contributed by atoms with Gasteiger partial charge in [-0.3, -0.25) is 4.57 Å². The minimum atomic E-state index is -2.86. The van der Waals surface area contributed by atoms with E-state index in [1.54, 1.807) is 0 Å². The first-order chi connectivity index (χ1) is 7.18. The zero-order chi connectivity index (χ0) is 11.6. The normalized spacial score (nSPS) is 11.1. The van der Waals surface area contributed by atoms with Gasteiger partial charge in [0.1, 0.15) is 0 Å². The van der Waals surface area contributed by atoms with Crippen molar-refractivity contribution < 1.29 is 13.6 Å². The van der Waals surface area contributed by atoms with E-state index in [-0.39, 0.29) is 0 Å². The van der Waals surface area contributed by atoms with Crippen LogP contribution in [0.25, 0.3) is 0 Å². The third-order valence-electron chi connectivity index (χ3n) is 1.67. The van der Waals surface area contributed by atoms with Gasteiger partial charge in [0.05, 0.1) is 24.5 Å². The largest absolute Gasteiger partial charge is 0.330 e. The molecule has 0 radical (unpaired) electrons. The summed E-state index contributed by atoms with van der Waals surface area (Å²) in [5, 5.41) is 2.29. The summed E-state index contributed by atoms with van der Waals surface area (Å²) in [6.07, 6.45) is 2.03. The monoisotopic (exact) mass is 251 g/mol. The Labute approximate surface area is 96.6 Å². The Hall–Kier alpha value is -0.0500. The molecule has 0 bridgehead atoms. The average Bonchev–Trinajstić information content (AvgIpc) is 2.18. The number of hydrogen-bond donors (Lipinski definition) is 0. The van der Waals surface area contributed by atoms with Crippen molar-refractivity contribution in [1.82, 2.24) is 0 Å². The number of unbranched alkanes of at least 4 members (excludes halogenated alkanes) is 1. The van der Waals surface area contributed by atoms with E-state index >= 15 is 0 Å². The topological polar surface area (TPSA) is 47.9 Å². The lowest BCUT2D eigenvalue weighted by atomic mass is 10.3. The summed E-state index contributed by atoms with van der Waals surface area (Å²) < 4.78 is 22.2. The third-order valence-corrected chi connectivity index (χ3v) is 3.96. The van der Waals surface area contributed by atoms with Gasteiger partial charge in [0.2, 0.25) is 0 Å². The second kappa shape index (κ2) is 9.20. The Kier molecular flexibility index (Phi) is 9.17. The highest BCUT2D eigenvalue weighted by molar-refractivity contribution is 7.78. The summed E-state index contributed by atoms with van der Waals surface area (Å²) in [5.41, 5.74) is 0. The lowest BCUT2D eigenvalue weighted by Crippen LogP contribution is -2.00. The molecule has 0 aliphatic heterocycles. The van der Waals surface area contributed by atoms with Crippen LogP contribution >= 0.6 is 19.8 Å². The Morgan fingerprint density at radius 3 is 2.33 bits per heavy atom. The molecule has 0 saturated carbocycles. The molecule has 0 saturated heterocycles. The Bertz CT molecular complexity index is 244. The van der Waals surface area contributed by atoms with Crippen LogP contribution in [0.5, 0.6) is 0 Å². The molecule has 0 amide bonds. The van der Waals surface area contributed by atoms with E-state index in [4.69, 9.17) is 9.05 Å². The molecule has 15 heavy (non-hydrogen) atoms. The molecular formula is C9H18NO3PS. The van der Waals surface area contributed by atoms with Crippen molar-refractivity contribution in [3.05, 3.63) is 0 Å². The first kappa shape index (κ1) is 14.9. The van der Waals surface area contributed by atoms with Gasteiger partial charge in [-0.15, -0.1) is 0 Å². The maximum Gasteiger partial charge on any atom is 0.330 e. The van der Waals surface area contributed by atoms with Crippen LogP contribution in [0.2, 0.25) is 0 Å². The number of aliphatic imine (C=N–C) groups is 1. The molecule has 0 N–H and O–H groups in total. The predicted molar refractivity (Wildman–Crippen MR) is 64.9 cm³/mol. The number of nitrogens with zero attached hydrogens (tertiary/aromatic N) is 1. The SMILES string of the molecule is CCOP(=O)(CCCCN=C=S)OCC. The highest BCUT2D eigenvalue weighted by Crippen LogP contribution is 2.48. The minimum Gasteiger partial charge on any atom is -0.309 e. The summed E-state index contributed by atoms with van der Waals surface area (Å²) >= 11 is 4.44. The van der Waals surface area contributed by atoms with E-state index in [2.05, 4.69) is 22.4 Å². The number of isothiocyanates is 1. The lowest BCUT2D eigenvalue weighted by Gasteiger charge is -2.16. The van der Waals surface area contributed by atoms with Crippen molar-refractivity contribution in [2.45, 2.75) is 26.7 Å². The van der Waals surface area contributed by atoms with E-state index in [9.17, 15) is 4.57 Å². The smallest absolute Gasteiger partial charge is 0.309 e. The van der Waals surface area contributed by atoms with Gasteiger partial charge in [0.15, 0.2) is 0 Å². The quantitative estimate of drug-likeness (QED) is 0.273. The Morgan fingerprint density at radius 2 is 1.87 bits per heavy atom. The van der Waals surface area contributed by atoms with E-state index in [1.807, 2.05) is 13.8 Å². The van der Waals surface area contributed by atoms with Crippen LogP contribution in [0.15, 0.2) is 4.99 Å². The maximum absolute atomic E-state index is 11.9. The second-order valence-corrected chi connectivity index (χ2v) is 5.22. The molecule has 0 heterocycles. The van der Waals surface area contributed by atoms with Crippen molar-refractivity contribution in [3.63, 3.8) is 0 Å². The van der Waals surface area contributed by atoms with Crippen molar-refractivity contribution in [1.29, 1.82) is 0 Å². The standard InChI is InChI=1S/C9H18NO3PS/c1-3-12-14(11,13-4-2)8-6-5-7-10-9-15/h3-8H2,1-2H3. The predicted octanol–water partition coefficient (Wildman–Crippen LogP) is 3.14. The van der Waals surface area contributed by atoms with Crippen LogP contribution in [0.3, 0.4) is 0 Å². The fraction of sp³-hybridized carbons (Fsp3) is 0.889. The van der Waals surface area contributed by atoms with Gasteiger partial charge in [-0.2, -0.15) is 0 Å². The van der Waals surface area contributed by atoms with Crippen molar-refractivity contribution >= 4 is 25.0 Å². The van der Waals surface area contributed by atoms with E-state index < -0.39 is 7.60 Å². The first-order valence-corrected chi connectivity index (χ1v) is 7.24. The lowest BCUT2D eigenvalue weighted by molar-refractivity contribution is 0.219. The van der Waals surface area contributed by atoms with Crippen LogP contribution in [-0.4, -0.2) is 31.1 Å². The molecule has 88 valence electrons. The zero-order valence-electron chi connectivity index (χ0n) is 9.27. The fourth-order valence-electron chi connectivity index (χ4n) is 1.10. The van der Waals surface area contributed by atoms with Gasteiger partial charge in [-0.05, 0) is 38.9 Å². The fourth-order valence-corrected chi connectivity index (χ4v) is 2.92. The van der Waals surface area contributed by atoms with E-state index in [0.29, 0.717) is 25.9 Å². The van der Waals surface area contributed by atoms with Gasteiger partial charge in [0.25, 0.3) is 0 Å². The van der Waals surface area contributed by atoms with Crippen molar-refractivity contribution in [3.8, 4) is 0 Å². The molecule has 0 rings (SSSR count). The second-order valence-electron chi connectivity index (χ2n) is 2.85. The molecule has 0 aromatic heterocycles. The Balaban J connectivity index is 3.85. The number of thiocarbonyl (C=S) groups is 1. The molecule has 0 aliphatic rings. The summed E-state index contributed by atoms with van der Waals surface area (Å²) in [6, 6.07) is 0. The highest BCUT2D eigenvalue weighted by Gasteiger charge is 2.22. The highest BCUT2D eigenvalue weighted by atomic mass is 32.1. The molecule has 0 aromatic carbocycles. The minimum absolute atomic E-state index is 0.412. The molecule has 6 heteroatoms. The van der Waals surface area contributed by atoms with Gasteiger partial charge in [-0.25, -0.2) is 4.99 Å². The van der Waals surface area contributed by atoms with Crippen molar-refractivity contribution in [2.75, 3.05) is 25.9 Å². The summed E-state index contributed by atoms with van der Waals surface area (Å²) in [7, 11) is -2.86. The molecule has 0 atom stereocenters. The Morgan fingerprint density at radius 1 is 1.27 bits per heavy atom. The summed E-state index contributed by atoms with van der Waals surface area (Å²) in [4.78, 5) is 3.78. The molecule has 4 nitrogen and oxygen atoms in total. The average molecular weight is 251 g/mol. The van der Waals surface area contributed by atoms with Gasteiger partial charge < -0.3 is 9.05 Å². The molecule has 0 fully saturated rings. The molecule has 0 spiro atoms. The van der Waals surface area contributed by atoms with E-state index in [0.717, 1.165) is 12.8 Å². The number of hydrogen-bond acceptors (Lipinski definition) is 5. The summed E-state index contributed by atoms with van der Waals surface area (Å²) in [5.74, 6) is 0.